The minimum atomic E-state index is -4.61. The van der Waals surface area contributed by atoms with Gasteiger partial charge in [0.25, 0.3) is 5.91 Å². The van der Waals surface area contributed by atoms with Gasteiger partial charge in [-0.15, -0.1) is 11.3 Å². The molecule has 4 rings (SSSR count). The fourth-order valence-electron chi connectivity index (χ4n) is 2.86. The molecule has 2 aromatic heterocycles. The Morgan fingerprint density at radius 1 is 1.26 bits per heavy atom. The van der Waals surface area contributed by atoms with Crippen molar-refractivity contribution in [3.8, 4) is 11.3 Å². The number of nitrogens with two attached hydrogens (primary N) is 1. The molecule has 0 unspecified atom stereocenters. The van der Waals surface area contributed by atoms with Crippen LogP contribution in [0.3, 0.4) is 0 Å². The zero-order valence-electron chi connectivity index (χ0n) is 14.4. The van der Waals surface area contributed by atoms with E-state index in [0.717, 1.165) is 35.8 Å². The van der Waals surface area contributed by atoms with Crippen molar-refractivity contribution in [3.63, 3.8) is 0 Å². The van der Waals surface area contributed by atoms with Crippen molar-refractivity contribution in [1.29, 1.82) is 0 Å². The molecule has 8 heteroatoms. The number of pyridine rings is 1. The van der Waals surface area contributed by atoms with Gasteiger partial charge in [0.15, 0.2) is 0 Å². The van der Waals surface area contributed by atoms with Crippen LogP contribution in [0.5, 0.6) is 0 Å². The second kappa shape index (κ2) is 6.23. The number of nitrogens with one attached hydrogen (secondary N) is 1. The van der Waals surface area contributed by atoms with Crippen LogP contribution in [0.1, 0.15) is 33.6 Å². The van der Waals surface area contributed by atoms with Gasteiger partial charge in [-0.1, -0.05) is 29.8 Å². The first kappa shape index (κ1) is 17.8. The number of alkyl halides is 3. The zero-order chi connectivity index (χ0) is 19.3. The van der Waals surface area contributed by atoms with Crippen LogP contribution in [0.2, 0.25) is 0 Å². The minimum Gasteiger partial charge on any atom is -0.397 e. The second-order valence-corrected chi connectivity index (χ2v) is 7.69. The number of anilines is 1. The molecule has 4 nitrogen and oxygen atoms in total. The van der Waals surface area contributed by atoms with Crippen LogP contribution >= 0.6 is 11.3 Å². The summed E-state index contributed by atoms with van der Waals surface area (Å²) < 4.78 is 41.1. The summed E-state index contributed by atoms with van der Waals surface area (Å²) in [7, 11) is 0. The molecule has 140 valence electrons. The number of amides is 1. The minimum absolute atomic E-state index is 0.0796. The van der Waals surface area contributed by atoms with Gasteiger partial charge in [0.05, 0.1) is 16.9 Å². The number of aryl methyl sites for hydroxylation is 1. The molecule has 1 aromatic carbocycles. The first-order chi connectivity index (χ1) is 12.7. The van der Waals surface area contributed by atoms with Gasteiger partial charge in [0, 0.05) is 17.0 Å². The van der Waals surface area contributed by atoms with Gasteiger partial charge in [0.1, 0.15) is 9.71 Å². The number of carbonyl (C=O) groups is 1. The average Bonchev–Trinajstić information content (AvgIpc) is 3.35. The average molecular weight is 391 g/mol. The topological polar surface area (TPSA) is 68.0 Å². The van der Waals surface area contributed by atoms with Crippen molar-refractivity contribution in [2.45, 2.75) is 32.0 Å². The van der Waals surface area contributed by atoms with Gasteiger partial charge in [-0.3, -0.25) is 4.79 Å². The van der Waals surface area contributed by atoms with Crippen LogP contribution in [-0.4, -0.2) is 16.9 Å². The SMILES string of the molecule is Cc1ccc(-c2cc(C(F)(F)F)c3c(N)c(C(=O)NC4CC4)sc3n2)cc1. The summed E-state index contributed by atoms with van der Waals surface area (Å²) in [6.45, 7) is 1.90. The van der Waals surface area contributed by atoms with Crippen LogP contribution in [0, 0.1) is 6.92 Å². The first-order valence-corrected chi connectivity index (χ1v) is 9.24. The molecule has 0 spiro atoms. The number of thiophene rings is 1. The van der Waals surface area contributed by atoms with Crippen LogP contribution in [0.25, 0.3) is 21.5 Å². The van der Waals surface area contributed by atoms with Gasteiger partial charge >= 0.3 is 6.18 Å². The Bertz CT molecular complexity index is 1040. The van der Waals surface area contributed by atoms with E-state index in [2.05, 4.69) is 10.3 Å². The Morgan fingerprint density at radius 3 is 2.52 bits per heavy atom. The maximum Gasteiger partial charge on any atom is 0.417 e. The van der Waals surface area contributed by atoms with Crippen LogP contribution in [-0.2, 0) is 6.18 Å². The highest BCUT2D eigenvalue weighted by molar-refractivity contribution is 7.21. The van der Waals surface area contributed by atoms with Gasteiger partial charge in [0.2, 0.25) is 0 Å². The fraction of sp³-hybridized carbons (Fsp3) is 0.263. The number of carbonyl (C=O) groups excluding carboxylic acids is 1. The van der Waals surface area contributed by atoms with E-state index in [9.17, 15) is 18.0 Å². The van der Waals surface area contributed by atoms with Crippen LogP contribution in [0.15, 0.2) is 30.3 Å². The predicted octanol–water partition coefficient (Wildman–Crippen LogP) is 4.76. The van der Waals surface area contributed by atoms with Gasteiger partial charge in [-0.25, -0.2) is 4.98 Å². The van der Waals surface area contributed by atoms with E-state index in [4.69, 9.17) is 5.73 Å². The molecular weight excluding hydrogens is 375 g/mol. The van der Waals surface area contributed by atoms with Crippen LogP contribution in [0.4, 0.5) is 18.9 Å². The lowest BCUT2D eigenvalue weighted by Crippen LogP contribution is -2.25. The highest BCUT2D eigenvalue weighted by Crippen LogP contribution is 2.43. The molecule has 3 N–H and O–H groups in total. The molecule has 0 radical (unpaired) electrons. The van der Waals surface area contributed by atoms with E-state index in [0.29, 0.717) is 5.56 Å². The van der Waals surface area contributed by atoms with E-state index in [1.165, 1.54) is 0 Å². The number of benzene rings is 1. The summed E-state index contributed by atoms with van der Waals surface area (Å²) in [5.41, 5.74) is 6.68. The molecule has 0 saturated heterocycles. The number of nitrogens with zero attached hydrogens (tertiary/aromatic N) is 1. The molecule has 27 heavy (non-hydrogen) atoms. The van der Waals surface area contributed by atoms with Crippen molar-refractivity contribution in [1.82, 2.24) is 10.3 Å². The summed E-state index contributed by atoms with van der Waals surface area (Å²) >= 11 is 0.896. The van der Waals surface area contributed by atoms with Crippen molar-refractivity contribution in [3.05, 3.63) is 46.3 Å². The van der Waals surface area contributed by atoms with Gasteiger partial charge in [-0.2, -0.15) is 13.2 Å². The molecule has 1 fully saturated rings. The van der Waals surface area contributed by atoms with Crippen LogP contribution < -0.4 is 11.1 Å². The highest BCUT2D eigenvalue weighted by Gasteiger charge is 2.36. The largest absolute Gasteiger partial charge is 0.417 e. The van der Waals surface area contributed by atoms with Gasteiger partial charge < -0.3 is 11.1 Å². The maximum atomic E-state index is 13.7. The molecule has 1 aliphatic rings. The Labute approximate surface area is 157 Å². The Hall–Kier alpha value is -2.61. The normalized spacial score (nSPS) is 14.5. The first-order valence-electron chi connectivity index (χ1n) is 8.42. The standard InChI is InChI=1S/C19H16F3N3OS/c1-9-2-4-10(5-3-9)13-8-12(19(20,21)22)14-15(23)16(27-18(14)25-13)17(26)24-11-6-7-11/h2-5,8,11H,6-7,23H2,1H3,(H,24,26). The molecule has 1 aliphatic carbocycles. The molecule has 0 atom stereocenters. The lowest BCUT2D eigenvalue weighted by molar-refractivity contribution is -0.136. The Morgan fingerprint density at radius 2 is 1.93 bits per heavy atom. The summed E-state index contributed by atoms with van der Waals surface area (Å²) in [6, 6.07) is 8.15. The van der Waals surface area contributed by atoms with E-state index >= 15 is 0 Å². The number of aromatic nitrogens is 1. The number of hydrogen-bond donors (Lipinski definition) is 2. The third-order valence-corrected chi connectivity index (χ3v) is 5.57. The van der Waals surface area contributed by atoms with Crippen molar-refractivity contribution < 1.29 is 18.0 Å². The monoisotopic (exact) mass is 391 g/mol. The number of hydrogen-bond acceptors (Lipinski definition) is 4. The predicted molar refractivity (Wildman–Crippen MR) is 99.7 cm³/mol. The van der Waals surface area contributed by atoms with Crippen molar-refractivity contribution in [2.24, 2.45) is 0 Å². The summed E-state index contributed by atoms with van der Waals surface area (Å²) in [5, 5.41) is 2.56. The number of fused-ring (bicyclic) bond motifs is 1. The smallest absolute Gasteiger partial charge is 0.397 e. The number of rotatable bonds is 3. The van der Waals surface area contributed by atoms with E-state index in [1.807, 2.05) is 19.1 Å². The fourth-order valence-corrected chi connectivity index (χ4v) is 3.89. The molecule has 1 amide bonds. The number of halogens is 3. The maximum absolute atomic E-state index is 13.7. The molecular formula is C19H16F3N3OS. The lowest BCUT2D eigenvalue weighted by Gasteiger charge is -2.11. The Balaban J connectivity index is 1.90. The van der Waals surface area contributed by atoms with E-state index in [-0.39, 0.29) is 32.5 Å². The zero-order valence-corrected chi connectivity index (χ0v) is 15.2. The van der Waals surface area contributed by atoms with Gasteiger partial charge in [-0.05, 0) is 25.8 Å². The molecule has 0 aliphatic heterocycles. The molecule has 2 heterocycles. The third-order valence-electron chi connectivity index (χ3n) is 4.47. The Kier molecular flexibility index (Phi) is 4.10. The summed E-state index contributed by atoms with van der Waals surface area (Å²) in [4.78, 5) is 16.9. The van der Waals surface area contributed by atoms with Crippen molar-refractivity contribution >= 4 is 33.1 Å². The molecule has 1 saturated carbocycles. The summed E-state index contributed by atoms with van der Waals surface area (Å²) in [6.07, 6.45) is -2.86. The molecule has 3 aromatic rings. The van der Waals surface area contributed by atoms with Crippen molar-refractivity contribution in [2.75, 3.05) is 5.73 Å². The van der Waals surface area contributed by atoms with E-state index in [1.54, 1.807) is 12.1 Å². The lowest BCUT2D eigenvalue weighted by atomic mass is 10.0. The number of nitrogen functional groups attached to an aromatic ring is 1. The second-order valence-electron chi connectivity index (χ2n) is 6.69. The van der Waals surface area contributed by atoms with E-state index < -0.39 is 17.6 Å². The quantitative estimate of drug-likeness (QED) is 0.676. The highest BCUT2D eigenvalue weighted by atomic mass is 32.1. The third kappa shape index (κ3) is 3.37. The summed E-state index contributed by atoms with van der Waals surface area (Å²) in [5.74, 6) is -0.442. The molecule has 0 bridgehead atoms.